The number of hydrogen-bond acceptors (Lipinski definition) is 2. The van der Waals surface area contributed by atoms with Crippen molar-refractivity contribution in [2.45, 2.75) is 45.7 Å². The van der Waals surface area contributed by atoms with E-state index in [-0.39, 0.29) is 5.92 Å². The Bertz CT molecular complexity index is 238. The Kier molecular flexibility index (Phi) is 9.41. The summed E-state index contributed by atoms with van der Waals surface area (Å²) in [6.07, 6.45) is -1.37. The maximum atomic E-state index is 10.6. The molecule has 1 atom stereocenters. The molecule has 0 rings (SSSR count). The molecule has 0 spiro atoms. The summed E-state index contributed by atoms with van der Waals surface area (Å²) in [6, 6.07) is 0. The fourth-order valence-corrected chi connectivity index (χ4v) is 0.953. The molecule has 2 N–H and O–H groups in total. The van der Waals surface area contributed by atoms with Crippen molar-refractivity contribution in [1.82, 2.24) is 0 Å². The molecule has 0 saturated heterocycles. The third kappa shape index (κ3) is 11.0. The van der Waals surface area contributed by atoms with Crippen molar-refractivity contribution < 1.29 is 33.0 Å². The second-order valence-electron chi connectivity index (χ2n) is 3.39. The predicted molar refractivity (Wildman–Crippen MR) is 54.6 cm³/mol. The SMILES string of the molecule is CCCCC(CC)C(=O)O.O=C(O)C(F)(F)F. The lowest BCUT2D eigenvalue weighted by atomic mass is 10.00. The van der Waals surface area contributed by atoms with Crippen molar-refractivity contribution in [2.24, 2.45) is 5.92 Å². The molecule has 0 saturated carbocycles. The molecule has 102 valence electrons. The zero-order chi connectivity index (χ0) is 14.1. The maximum Gasteiger partial charge on any atom is 0.490 e. The average molecular weight is 258 g/mol. The van der Waals surface area contributed by atoms with Crippen LogP contribution in [0.25, 0.3) is 0 Å². The minimum atomic E-state index is -5.08. The van der Waals surface area contributed by atoms with Crippen LogP contribution in [0.3, 0.4) is 0 Å². The van der Waals surface area contributed by atoms with E-state index in [1.807, 2.05) is 6.92 Å². The van der Waals surface area contributed by atoms with Gasteiger partial charge in [-0.05, 0) is 12.8 Å². The first kappa shape index (κ1) is 18.1. The lowest BCUT2D eigenvalue weighted by Crippen LogP contribution is -2.21. The van der Waals surface area contributed by atoms with E-state index in [1.165, 1.54) is 0 Å². The van der Waals surface area contributed by atoms with Gasteiger partial charge in [0.2, 0.25) is 0 Å². The van der Waals surface area contributed by atoms with E-state index in [2.05, 4.69) is 6.92 Å². The molecule has 4 nitrogen and oxygen atoms in total. The van der Waals surface area contributed by atoms with E-state index in [1.54, 1.807) is 0 Å². The third-order valence-corrected chi connectivity index (χ3v) is 1.99. The maximum absolute atomic E-state index is 10.6. The summed E-state index contributed by atoms with van der Waals surface area (Å²) in [5.74, 6) is -3.51. The molecule has 0 bridgehead atoms. The van der Waals surface area contributed by atoms with E-state index in [9.17, 15) is 18.0 Å². The minimum Gasteiger partial charge on any atom is -0.481 e. The van der Waals surface area contributed by atoms with Crippen molar-refractivity contribution in [3.63, 3.8) is 0 Å². The molecule has 17 heavy (non-hydrogen) atoms. The number of rotatable bonds is 5. The molecule has 0 aliphatic heterocycles. The quantitative estimate of drug-likeness (QED) is 0.795. The van der Waals surface area contributed by atoms with E-state index in [0.717, 1.165) is 25.7 Å². The van der Waals surface area contributed by atoms with Gasteiger partial charge in [-0.15, -0.1) is 0 Å². The van der Waals surface area contributed by atoms with Gasteiger partial charge in [-0.1, -0.05) is 26.7 Å². The number of carboxylic acid groups (broad SMARTS) is 2. The highest BCUT2D eigenvalue weighted by molar-refractivity contribution is 5.73. The molecular formula is C10H17F3O4. The van der Waals surface area contributed by atoms with E-state index in [4.69, 9.17) is 15.0 Å². The van der Waals surface area contributed by atoms with Crippen LogP contribution >= 0.6 is 0 Å². The van der Waals surface area contributed by atoms with Crippen LogP contribution in [0.5, 0.6) is 0 Å². The molecule has 0 heterocycles. The van der Waals surface area contributed by atoms with Crippen LogP contribution < -0.4 is 0 Å². The molecule has 0 aliphatic rings. The van der Waals surface area contributed by atoms with Gasteiger partial charge in [0.1, 0.15) is 0 Å². The Labute approximate surface area is 97.4 Å². The topological polar surface area (TPSA) is 74.6 Å². The lowest BCUT2D eigenvalue weighted by molar-refractivity contribution is -0.192. The van der Waals surface area contributed by atoms with Gasteiger partial charge in [-0.25, -0.2) is 4.79 Å². The van der Waals surface area contributed by atoms with Crippen LogP contribution in [-0.4, -0.2) is 28.3 Å². The second-order valence-corrected chi connectivity index (χ2v) is 3.39. The summed E-state index contributed by atoms with van der Waals surface area (Å²) in [5.41, 5.74) is 0. The summed E-state index contributed by atoms with van der Waals surface area (Å²) in [4.78, 5) is 19.3. The van der Waals surface area contributed by atoms with Gasteiger partial charge in [0, 0.05) is 0 Å². The summed E-state index contributed by atoms with van der Waals surface area (Å²) in [7, 11) is 0. The van der Waals surface area contributed by atoms with Crippen LogP contribution in [0.15, 0.2) is 0 Å². The second kappa shape index (κ2) is 8.83. The van der Waals surface area contributed by atoms with Gasteiger partial charge in [0.15, 0.2) is 0 Å². The van der Waals surface area contributed by atoms with Gasteiger partial charge in [-0.3, -0.25) is 4.79 Å². The number of unbranched alkanes of at least 4 members (excludes halogenated alkanes) is 1. The highest BCUT2D eigenvalue weighted by Gasteiger charge is 2.38. The first-order valence-electron chi connectivity index (χ1n) is 5.19. The zero-order valence-electron chi connectivity index (χ0n) is 9.75. The average Bonchev–Trinajstić information content (AvgIpc) is 2.18. The fourth-order valence-electron chi connectivity index (χ4n) is 0.953. The number of alkyl halides is 3. The Morgan fingerprint density at radius 2 is 1.59 bits per heavy atom. The van der Waals surface area contributed by atoms with Crippen LogP contribution in [0.1, 0.15) is 39.5 Å². The Balaban J connectivity index is 0. The molecule has 1 unspecified atom stereocenters. The minimum absolute atomic E-state index is 0.111. The molecule has 0 fully saturated rings. The summed E-state index contributed by atoms with van der Waals surface area (Å²) in [5, 5.41) is 15.7. The smallest absolute Gasteiger partial charge is 0.481 e. The zero-order valence-corrected chi connectivity index (χ0v) is 9.75. The fraction of sp³-hybridized carbons (Fsp3) is 0.800. The van der Waals surface area contributed by atoms with E-state index >= 15 is 0 Å². The first-order valence-corrected chi connectivity index (χ1v) is 5.19. The number of aliphatic carboxylic acids is 2. The van der Waals surface area contributed by atoms with Crippen LogP contribution in [-0.2, 0) is 9.59 Å². The van der Waals surface area contributed by atoms with E-state index in [0.29, 0.717) is 0 Å². The molecule has 7 heteroatoms. The highest BCUT2D eigenvalue weighted by atomic mass is 19.4. The summed E-state index contributed by atoms with van der Waals surface area (Å²) in [6.45, 7) is 4.00. The molecule has 0 aromatic rings. The van der Waals surface area contributed by atoms with Crippen molar-refractivity contribution in [3.8, 4) is 0 Å². The highest BCUT2D eigenvalue weighted by Crippen LogP contribution is 2.13. The Hall–Kier alpha value is -1.27. The lowest BCUT2D eigenvalue weighted by Gasteiger charge is -2.06. The summed E-state index contributed by atoms with van der Waals surface area (Å²) < 4.78 is 31.7. The number of carbonyl (C=O) groups is 2. The van der Waals surface area contributed by atoms with Gasteiger partial charge >= 0.3 is 18.1 Å². The normalized spacial score (nSPS) is 12.3. The number of hydrogen-bond donors (Lipinski definition) is 2. The van der Waals surface area contributed by atoms with Crippen molar-refractivity contribution in [1.29, 1.82) is 0 Å². The standard InChI is InChI=1S/C8H16O2.C2HF3O2/c1-3-5-6-7(4-2)8(9)10;3-2(4,5)1(6)7/h7H,3-6H2,1-2H3,(H,9,10);(H,6,7). The number of carboxylic acids is 2. The van der Waals surface area contributed by atoms with Crippen LogP contribution in [0.4, 0.5) is 13.2 Å². The molecule has 0 aliphatic carbocycles. The van der Waals surface area contributed by atoms with Gasteiger partial charge < -0.3 is 10.2 Å². The predicted octanol–water partition coefficient (Wildman–Crippen LogP) is 2.92. The Morgan fingerprint density at radius 3 is 1.76 bits per heavy atom. The van der Waals surface area contributed by atoms with Crippen LogP contribution in [0, 0.1) is 5.92 Å². The number of halogens is 3. The Morgan fingerprint density at radius 1 is 1.18 bits per heavy atom. The molecule has 0 amide bonds. The summed E-state index contributed by atoms with van der Waals surface area (Å²) >= 11 is 0. The molecular weight excluding hydrogens is 241 g/mol. The monoisotopic (exact) mass is 258 g/mol. The van der Waals surface area contributed by atoms with Gasteiger partial charge in [0.05, 0.1) is 5.92 Å². The van der Waals surface area contributed by atoms with Crippen molar-refractivity contribution >= 4 is 11.9 Å². The largest absolute Gasteiger partial charge is 0.490 e. The van der Waals surface area contributed by atoms with Gasteiger partial charge in [0.25, 0.3) is 0 Å². The molecule has 0 aromatic carbocycles. The van der Waals surface area contributed by atoms with E-state index < -0.39 is 18.1 Å². The molecule has 0 aromatic heterocycles. The van der Waals surface area contributed by atoms with Gasteiger partial charge in [-0.2, -0.15) is 13.2 Å². The molecule has 0 radical (unpaired) electrons. The van der Waals surface area contributed by atoms with Crippen molar-refractivity contribution in [2.75, 3.05) is 0 Å². The van der Waals surface area contributed by atoms with Crippen molar-refractivity contribution in [3.05, 3.63) is 0 Å². The van der Waals surface area contributed by atoms with Crippen LogP contribution in [0.2, 0.25) is 0 Å². The third-order valence-electron chi connectivity index (χ3n) is 1.99. The first-order chi connectivity index (χ1) is 7.66.